The van der Waals surface area contributed by atoms with Crippen LogP contribution in [-0.4, -0.2) is 47.3 Å². The summed E-state index contributed by atoms with van der Waals surface area (Å²) in [6.45, 7) is 5.71. The number of hydrogen-bond acceptors (Lipinski definition) is 9. The summed E-state index contributed by atoms with van der Waals surface area (Å²) in [6, 6.07) is 9.64. The van der Waals surface area contributed by atoms with E-state index in [9.17, 15) is 14.0 Å². The van der Waals surface area contributed by atoms with E-state index >= 15 is 0 Å². The molecule has 1 amide bonds. The Morgan fingerprint density at radius 1 is 1.13 bits per heavy atom. The lowest BCUT2D eigenvalue weighted by Crippen LogP contribution is -2.35. The molecule has 3 heterocycles. The van der Waals surface area contributed by atoms with Gasteiger partial charge in [0.2, 0.25) is 18.6 Å². The topological polar surface area (TPSA) is 112 Å². The van der Waals surface area contributed by atoms with Crippen molar-refractivity contribution in [1.82, 2.24) is 15.3 Å². The van der Waals surface area contributed by atoms with Crippen LogP contribution in [0.15, 0.2) is 42.6 Å². The van der Waals surface area contributed by atoms with Gasteiger partial charge in [0.15, 0.2) is 11.5 Å². The quantitative estimate of drug-likeness (QED) is 0.464. The number of esters is 1. The maximum Gasteiger partial charge on any atom is 0.325 e. The first kappa shape index (κ1) is 25.2. The summed E-state index contributed by atoms with van der Waals surface area (Å²) < 4.78 is 35.5. The van der Waals surface area contributed by atoms with E-state index < -0.39 is 17.5 Å². The molecule has 3 aromatic rings. The smallest absolute Gasteiger partial charge is 0.325 e. The van der Waals surface area contributed by atoms with Gasteiger partial charge in [-0.3, -0.25) is 9.59 Å². The van der Waals surface area contributed by atoms with Crippen LogP contribution in [0.25, 0.3) is 0 Å². The van der Waals surface area contributed by atoms with Crippen LogP contribution in [0.4, 0.5) is 16.0 Å². The first-order valence-corrected chi connectivity index (χ1v) is 12.1. The number of carbonyl (C=O) groups excluding carboxylic acids is 2. The summed E-state index contributed by atoms with van der Waals surface area (Å²) in [7, 11) is 0. The maximum absolute atomic E-state index is 13.3. The first-order valence-electron chi connectivity index (χ1n) is 12.1. The molecule has 0 saturated heterocycles. The second-order valence-corrected chi connectivity index (χ2v) is 9.81. The Morgan fingerprint density at radius 2 is 1.87 bits per heavy atom. The van der Waals surface area contributed by atoms with E-state index in [0.29, 0.717) is 29.6 Å². The fraction of sp³-hybridized carbons (Fsp3) is 0.333. The van der Waals surface area contributed by atoms with Gasteiger partial charge in [-0.2, -0.15) is 4.98 Å². The summed E-state index contributed by atoms with van der Waals surface area (Å²) in [5, 5.41) is 2.53. The second kappa shape index (κ2) is 10.2. The van der Waals surface area contributed by atoms with Gasteiger partial charge in [0.25, 0.3) is 5.91 Å². The van der Waals surface area contributed by atoms with Crippen molar-refractivity contribution >= 4 is 23.5 Å². The van der Waals surface area contributed by atoms with Crippen LogP contribution < -0.4 is 24.4 Å². The standard InChI is InChI=1S/C27H27FN4O6/c1-27(2,3)38-23(33)13-29-24(34)19-12-30-26(31-25(19)35-14-16-4-6-18(28)7-5-16)32-9-8-17-10-21-22(11-20(17)32)37-15-36-21/h4-7,10-12H,8-9,13-15H2,1-3H3,(H,29,34). The molecule has 0 aliphatic carbocycles. The maximum atomic E-state index is 13.3. The van der Waals surface area contributed by atoms with Gasteiger partial charge in [-0.1, -0.05) is 12.1 Å². The SMILES string of the molecule is CC(C)(C)OC(=O)CNC(=O)c1cnc(N2CCc3cc4c(cc32)OCO4)nc1OCc1ccc(F)cc1. The van der Waals surface area contributed by atoms with Gasteiger partial charge in [-0.05, 0) is 56.5 Å². The third kappa shape index (κ3) is 5.61. The first-order chi connectivity index (χ1) is 18.2. The lowest BCUT2D eigenvalue weighted by Gasteiger charge is -2.20. The molecular weight excluding hydrogens is 495 g/mol. The lowest BCUT2D eigenvalue weighted by molar-refractivity contribution is -0.153. The highest BCUT2D eigenvalue weighted by atomic mass is 19.1. The molecule has 10 nitrogen and oxygen atoms in total. The number of ether oxygens (including phenoxy) is 4. The van der Waals surface area contributed by atoms with Crippen LogP contribution in [0, 0.1) is 5.82 Å². The van der Waals surface area contributed by atoms with Crippen molar-refractivity contribution in [3.05, 3.63) is 65.1 Å². The molecule has 0 saturated carbocycles. The zero-order chi connectivity index (χ0) is 26.9. The molecule has 0 bridgehead atoms. The molecular formula is C27H27FN4O6. The molecule has 2 aliphatic rings. The van der Waals surface area contributed by atoms with Gasteiger partial charge in [0.1, 0.15) is 30.1 Å². The number of nitrogens with zero attached hydrogens (tertiary/aromatic N) is 3. The molecule has 2 aromatic carbocycles. The fourth-order valence-corrected chi connectivity index (χ4v) is 4.10. The molecule has 0 spiro atoms. The van der Waals surface area contributed by atoms with Crippen molar-refractivity contribution < 1.29 is 32.9 Å². The number of nitrogens with one attached hydrogen (secondary N) is 1. The van der Waals surface area contributed by atoms with Crippen LogP contribution in [0.3, 0.4) is 0 Å². The van der Waals surface area contributed by atoms with Gasteiger partial charge >= 0.3 is 5.97 Å². The molecule has 0 unspecified atom stereocenters. The molecule has 38 heavy (non-hydrogen) atoms. The van der Waals surface area contributed by atoms with Crippen LogP contribution >= 0.6 is 0 Å². The molecule has 2 aliphatic heterocycles. The summed E-state index contributed by atoms with van der Waals surface area (Å²) in [5.41, 5.74) is 1.99. The number of carbonyl (C=O) groups is 2. The van der Waals surface area contributed by atoms with Crippen molar-refractivity contribution in [2.45, 2.75) is 39.4 Å². The number of aromatic nitrogens is 2. The predicted octanol–water partition coefficient (Wildman–Crippen LogP) is 3.69. The average molecular weight is 523 g/mol. The van der Waals surface area contributed by atoms with E-state index in [2.05, 4.69) is 15.3 Å². The average Bonchev–Trinajstić information content (AvgIpc) is 3.50. The number of hydrogen-bond donors (Lipinski definition) is 1. The van der Waals surface area contributed by atoms with Gasteiger partial charge in [-0.15, -0.1) is 0 Å². The Bertz CT molecular complexity index is 1370. The van der Waals surface area contributed by atoms with E-state index in [1.165, 1.54) is 18.3 Å². The summed E-state index contributed by atoms with van der Waals surface area (Å²) in [4.78, 5) is 36.0. The van der Waals surface area contributed by atoms with Crippen LogP contribution in [0.1, 0.15) is 42.3 Å². The third-order valence-electron chi connectivity index (χ3n) is 5.80. The molecule has 11 heteroatoms. The molecule has 1 aromatic heterocycles. The van der Waals surface area contributed by atoms with Gasteiger partial charge in [0.05, 0.1) is 5.69 Å². The molecule has 198 valence electrons. The van der Waals surface area contributed by atoms with E-state index in [0.717, 1.165) is 17.7 Å². The number of fused-ring (bicyclic) bond motifs is 2. The number of halogens is 1. The van der Waals surface area contributed by atoms with Crippen LogP contribution in [0.5, 0.6) is 17.4 Å². The molecule has 0 fully saturated rings. The van der Waals surface area contributed by atoms with Crippen molar-refractivity contribution in [2.75, 3.05) is 24.8 Å². The minimum atomic E-state index is -0.681. The van der Waals surface area contributed by atoms with Gasteiger partial charge in [-0.25, -0.2) is 9.37 Å². The van der Waals surface area contributed by atoms with E-state index in [1.807, 2.05) is 17.0 Å². The lowest BCUT2D eigenvalue weighted by atomic mass is 10.1. The highest BCUT2D eigenvalue weighted by Crippen LogP contribution is 2.43. The summed E-state index contributed by atoms with van der Waals surface area (Å²) in [5.74, 6) is 0.157. The fourth-order valence-electron chi connectivity index (χ4n) is 4.10. The number of benzene rings is 2. The number of rotatable bonds is 7. The van der Waals surface area contributed by atoms with E-state index in [1.54, 1.807) is 32.9 Å². The summed E-state index contributed by atoms with van der Waals surface area (Å²) in [6.07, 6.45) is 2.11. The Morgan fingerprint density at radius 3 is 2.61 bits per heavy atom. The molecule has 1 N–H and O–H groups in total. The van der Waals surface area contributed by atoms with Crippen LogP contribution in [-0.2, 0) is 22.6 Å². The number of amides is 1. The van der Waals surface area contributed by atoms with E-state index in [-0.39, 0.29) is 37.2 Å². The Kier molecular flexibility index (Phi) is 6.75. The van der Waals surface area contributed by atoms with Gasteiger partial charge < -0.3 is 29.2 Å². The monoisotopic (exact) mass is 522 g/mol. The van der Waals surface area contributed by atoms with Crippen molar-refractivity contribution in [3.8, 4) is 17.4 Å². The highest BCUT2D eigenvalue weighted by Gasteiger charge is 2.29. The Hall–Kier alpha value is -4.41. The minimum Gasteiger partial charge on any atom is -0.472 e. The van der Waals surface area contributed by atoms with Crippen molar-refractivity contribution in [2.24, 2.45) is 0 Å². The van der Waals surface area contributed by atoms with Gasteiger partial charge in [0, 0.05) is 18.8 Å². The zero-order valence-corrected chi connectivity index (χ0v) is 21.2. The third-order valence-corrected chi connectivity index (χ3v) is 5.80. The zero-order valence-electron chi connectivity index (χ0n) is 21.2. The largest absolute Gasteiger partial charge is 0.472 e. The van der Waals surface area contributed by atoms with Crippen molar-refractivity contribution in [1.29, 1.82) is 0 Å². The Labute approximate surface area is 218 Å². The molecule has 5 rings (SSSR count). The minimum absolute atomic E-state index is 0.0233. The molecule has 0 atom stereocenters. The van der Waals surface area contributed by atoms with Crippen molar-refractivity contribution in [3.63, 3.8) is 0 Å². The second-order valence-electron chi connectivity index (χ2n) is 9.81. The van der Waals surface area contributed by atoms with E-state index in [4.69, 9.17) is 18.9 Å². The van der Waals surface area contributed by atoms with Crippen LogP contribution in [0.2, 0.25) is 0 Å². The highest BCUT2D eigenvalue weighted by molar-refractivity contribution is 5.97. The molecule has 0 radical (unpaired) electrons. The predicted molar refractivity (Wildman–Crippen MR) is 134 cm³/mol. The summed E-state index contributed by atoms with van der Waals surface area (Å²) >= 11 is 0. The normalized spacial score (nSPS) is 13.7. The number of anilines is 2. The Balaban J connectivity index is 1.40.